The highest BCUT2D eigenvalue weighted by Gasteiger charge is 2.20. The number of para-hydroxylation sites is 1. The molecule has 1 atom stereocenters. The molecule has 1 amide bonds. The number of benzene rings is 2. The Kier molecular flexibility index (Phi) is 7.25. The van der Waals surface area contributed by atoms with Gasteiger partial charge in [0.25, 0.3) is 0 Å². The van der Waals surface area contributed by atoms with E-state index in [-0.39, 0.29) is 11.9 Å². The van der Waals surface area contributed by atoms with Crippen molar-refractivity contribution in [2.45, 2.75) is 39.3 Å². The minimum atomic E-state index is -0.300. The van der Waals surface area contributed by atoms with Crippen LogP contribution in [0.25, 0.3) is 0 Å². The molecule has 0 radical (unpaired) electrons. The predicted molar refractivity (Wildman–Crippen MR) is 110 cm³/mol. The lowest BCUT2D eigenvalue weighted by Gasteiger charge is -2.25. The molecular formula is C22H30N2O3. The standard InChI is InChI=1S/C22H30N2O3/c1-15(2)17-10-12-19(13-11-17)23-22(25)16(3)24(4)14-18-8-7-9-20(26-5)21(18)27-6/h7-13,15-16H,14H2,1-6H3,(H,23,25)/t16-/m0/s1. The van der Waals surface area contributed by atoms with Crippen LogP contribution in [0.3, 0.4) is 0 Å². The van der Waals surface area contributed by atoms with E-state index in [1.54, 1.807) is 14.2 Å². The van der Waals surface area contributed by atoms with Gasteiger partial charge in [-0.2, -0.15) is 0 Å². The molecule has 0 unspecified atom stereocenters. The number of amides is 1. The third-order valence-electron chi connectivity index (χ3n) is 4.79. The third-order valence-corrected chi connectivity index (χ3v) is 4.79. The van der Waals surface area contributed by atoms with E-state index >= 15 is 0 Å². The Labute approximate surface area is 162 Å². The Morgan fingerprint density at radius 1 is 1.04 bits per heavy atom. The third kappa shape index (κ3) is 5.23. The van der Waals surface area contributed by atoms with Crippen LogP contribution in [0, 0.1) is 0 Å². The molecule has 0 aliphatic rings. The van der Waals surface area contributed by atoms with Crippen LogP contribution in [0.1, 0.15) is 37.8 Å². The van der Waals surface area contributed by atoms with Crippen molar-refractivity contribution in [1.29, 1.82) is 0 Å². The molecular weight excluding hydrogens is 340 g/mol. The van der Waals surface area contributed by atoms with Crippen molar-refractivity contribution in [3.63, 3.8) is 0 Å². The first-order valence-corrected chi connectivity index (χ1v) is 9.18. The second kappa shape index (κ2) is 9.42. The number of carbonyl (C=O) groups is 1. The van der Waals surface area contributed by atoms with Gasteiger partial charge in [0.1, 0.15) is 0 Å². The van der Waals surface area contributed by atoms with Crippen molar-refractivity contribution in [3.05, 3.63) is 53.6 Å². The Balaban J connectivity index is 2.04. The fourth-order valence-corrected chi connectivity index (χ4v) is 2.88. The highest BCUT2D eigenvalue weighted by molar-refractivity contribution is 5.94. The minimum Gasteiger partial charge on any atom is -0.493 e. The molecule has 5 heteroatoms. The molecule has 2 aromatic rings. The fourth-order valence-electron chi connectivity index (χ4n) is 2.88. The Morgan fingerprint density at radius 3 is 2.26 bits per heavy atom. The van der Waals surface area contributed by atoms with Crippen LogP contribution in [0.4, 0.5) is 5.69 Å². The number of carbonyl (C=O) groups excluding carboxylic acids is 1. The van der Waals surface area contributed by atoms with E-state index in [2.05, 4.69) is 31.3 Å². The smallest absolute Gasteiger partial charge is 0.241 e. The van der Waals surface area contributed by atoms with Gasteiger partial charge in [0, 0.05) is 17.8 Å². The number of nitrogens with one attached hydrogen (secondary N) is 1. The summed E-state index contributed by atoms with van der Waals surface area (Å²) in [6.45, 7) is 6.76. The molecule has 2 aromatic carbocycles. The summed E-state index contributed by atoms with van der Waals surface area (Å²) in [4.78, 5) is 14.6. The number of rotatable bonds is 8. The summed E-state index contributed by atoms with van der Waals surface area (Å²) in [6.07, 6.45) is 0. The predicted octanol–water partition coefficient (Wildman–Crippen LogP) is 4.29. The summed E-state index contributed by atoms with van der Waals surface area (Å²) in [5, 5.41) is 2.99. The van der Waals surface area contributed by atoms with Gasteiger partial charge in [-0.15, -0.1) is 0 Å². The first-order chi connectivity index (χ1) is 12.9. The van der Waals surface area contributed by atoms with Gasteiger partial charge in [-0.3, -0.25) is 9.69 Å². The van der Waals surface area contributed by atoms with Crippen molar-refractivity contribution >= 4 is 11.6 Å². The van der Waals surface area contributed by atoms with Crippen LogP contribution < -0.4 is 14.8 Å². The van der Waals surface area contributed by atoms with Gasteiger partial charge in [0.05, 0.1) is 20.3 Å². The lowest BCUT2D eigenvalue weighted by molar-refractivity contribution is -0.120. The van der Waals surface area contributed by atoms with E-state index in [9.17, 15) is 4.79 Å². The quantitative estimate of drug-likeness (QED) is 0.753. The molecule has 146 valence electrons. The van der Waals surface area contributed by atoms with Crippen molar-refractivity contribution < 1.29 is 14.3 Å². The van der Waals surface area contributed by atoms with Gasteiger partial charge in [-0.25, -0.2) is 0 Å². The lowest BCUT2D eigenvalue weighted by atomic mass is 10.0. The summed E-state index contributed by atoms with van der Waals surface area (Å²) in [5.74, 6) is 1.81. The molecule has 0 saturated carbocycles. The molecule has 0 heterocycles. The first kappa shape index (κ1) is 20.8. The maximum Gasteiger partial charge on any atom is 0.241 e. The van der Waals surface area contributed by atoms with E-state index in [4.69, 9.17) is 9.47 Å². The van der Waals surface area contributed by atoms with Crippen LogP contribution in [0.15, 0.2) is 42.5 Å². The zero-order valence-electron chi connectivity index (χ0n) is 17.1. The van der Waals surface area contributed by atoms with E-state index in [1.165, 1.54) is 5.56 Å². The van der Waals surface area contributed by atoms with Crippen LogP contribution >= 0.6 is 0 Å². The van der Waals surface area contributed by atoms with E-state index in [0.29, 0.717) is 24.0 Å². The van der Waals surface area contributed by atoms with E-state index in [1.807, 2.05) is 49.2 Å². The molecule has 0 fully saturated rings. The number of ether oxygens (including phenoxy) is 2. The monoisotopic (exact) mass is 370 g/mol. The number of likely N-dealkylation sites (N-methyl/N-ethyl adjacent to an activating group) is 1. The minimum absolute atomic E-state index is 0.0448. The Morgan fingerprint density at radius 2 is 1.70 bits per heavy atom. The molecule has 0 aliphatic heterocycles. The molecule has 0 saturated heterocycles. The molecule has 27 heavy (non-hydrogen) atoms. The summed E-state index contributed by atoms with van der Waals surface area (Å²) < 4.78 is 10.8. The largest absolute Gasteiger partial charge is 0.493 e. The van der Waals surface area contributed by atoms with Crippen LogP contribution in [-0.2, 0) is 11.3 Å². The fraction of sp³-hybridized carbons (Fsp3) is 0.409. The maximum absolute atomic E-state index is 12.6. The second-order valence-electron chi connectivity index (χ2n) is 7.01. The van der Waals surface area contributed by atoms with Gasteiger partial charge in [-0.1, -0.05) is 38.1 Å². The van der Waals surface area contributed by atoms with E-state index < -0.39 is 0 Å². The summed E-state index contributed by atoms with van der Waals surface area (Å²) in [5.41, 5.74) is 3.03. The second-order valence-corrected chi connectivity index (χ2v) is 7.01. The van der Waals surface area contributed by atoms with Crippen molar-refractivity contribution in [2.75, 3.05) is 26.6 Å². The molecule has 0 bridgehead atoms. The number of anilines is 1. The highest BCUT2D eigenvalue weighted by atomic mass is 16.5. The molecule has 0 aliphatic carbocycles. The zero-order valence-corrected chi connectivity index (χ0v) is 17.1. The number of nitrogens with zero attached hydrogens (tertiary/aromatic N) is 1. The normalized spacial score (nSPS) is 12.1. The molecule has 5 nitrogen and oxygen atoms in total. The number of methoxy groups -OCH3 is 2. The number of hydrogen-bond acceptors (Lipinski definition) is 4. The van der Waals surface area contributed by atoms with Crippen molar-refractivity contribution in [3.8, 4) is 11.5 Å². The van der Waals surface area contributed by atoms with Gasteiger partial charge >= 0.3 is 0 Å². The number of hydrogen-bond donors (Lipinski definition) is 1. The Hall–Kier alpha value is -2.53. The lowest BCUT2D eigenvalue weighted by Crippen LogP contribution is -2.39. The van der Waals surface area contributed by atoms with Gasteiger partial charge in [-0.05, 0) is 43.7 Å². The SMILES string of the molecule is COc1cccc(CN(C)[C@@H](C)C(=O)Nc2ccc(C(C)C)cc2)c1OC. The zero-order chi connectivity index (χ0) is 20.0. The summed E-state index contributed by atoms with van der Waals surface area (Å²) >= 11 is 0. The molecule has 2 rings (SSSR count). The Bertz CT molecular complexity index is 757. The van der Waals surface area contributed by atoms with E-state index in [0.717, 1.165) is 11.3 Å². The topological polar surface area (TPSA) is 50.8 Å². The summed E-state index contributed by atoms with van der Waals surface area (Å²) in [7, 11) is 5.16. The molecule has 1 N–H and O–H groups in total. The average Bonchev–Trinajstić information content (AvgIpc) is 2.67. The van der Waals surface area contributed by atoms with Crippen molar-refractivity contribution in [1.82, 2.24) is 4.90 Å². The summed E-state index contributed by atoms with van der Waals surface area (Å²) in [6, 6.07) is 13.5. The maximum atomic E-state index is 12.6. The average molecular weight is 370 g/mol. The first-order valence-electron chi connectivity index (χ1n) is 9.18. The molecule has 0 aromatic heterocycles. The highest BCUT2D eigenvalue weighted by Crippen LogP contribution is 2.31. The van der Waals surface area contributed by atoms with Gasteiger partial charge in [0.15, 0.2) is 11.5 Å². The van der Waals surface area contributed by atoms with Crippen LogP contribution in [0.2, 0.25) is 0 Å². The van der Waals surface area contributed by atoms with Gasteiger partial charge in [0.2, 0.25) is 5.91 Å². The van der Waals surface area contributed by atoms with Gasteiger partial charge < -0.3 is 14.8 Å². The van der Waals surface area contributed by atoms with Crippen molar-refractivity contribution in [2.24, 2.45) is 0 Å². The molecule has 0 spiro atoms. The van der Waals surface area contributed by atoms with Crippen LogP contribution in [-0.4, -0.2) is 38.1 Å². The van der Waals surface area contributed by atoms with Crippen LogP contribution in [0.5, 0.6) is 11.5 Å².